The van der Waals surface area contributed by atoms with E-state index in [1.54, 1.807) is 7.11 Å². The zero-order chi connectivity index (χ0) is 13.1. The first kappa shape index (κ1) is 16.4. The first-order chi connectivity index (χ1) is 8.02. The number of amides is 1. The number of hydrogen-bond acceptors (Lipinski definition) is 3. The van der Waals surface area contributed by atoms with Crippen LogP contribution in [0, 0.1) is 5.41 Å². The van der Waals surface area contributed by atoms with Gasteiger partial charge < -0.3 is 15.8 Å². The molecule has 0 aromatic heterocycles. The summed E-state index contributed by atoms with van der Waals surface area (Å²) in [6, 6.07) is 0. The highest BCUT2D eigenvalue weighted by atomic mass is 16.5. The van der Waals surface area contributed by atoms with Crippen molar-refractivity contribution in [3.05, 3.63) is 0 Å². The molecule has 4 heteroatoms. The number of unbranched alkanes of at least 4 members (excludes halogenated alkanes) is 2. The monoisotopic (exact) mass is 244 g/mol. The molecule has 3 N–H and O–H groups in total. The average molecular weight is 244 g/mol. The van der Waals surface area contributed by atoms with Crippen LogP contribution in [0.4, 0.5) is 0 Å². The Morgan fingerprint density at radius 3 is 2.59 bits per heavy atom. The lowest BCUT2D eigenvalue weighted by Gasteiger charge is -2.24. The highest BCUT2D eigenvalue weighted by Gasteiger charge is 2.18. The van der Waals surface area contributed by atoms with E-state index in [0.717, 1.165) is 32.3 Å². The summed E-state index contributed by atoms with van der Waals surface area (Å²) in [6.45, 7) is 6.44. The molecule has 0 aromatic carbocycles. The molecular weight excluding hydrogens is 216 g/mol. The Morgan fingerprint density at radius 1 is 1.29 bits per heavy atom. The topological polar surface area (TPSA) is 64.3 Å². The number of carbonyl (C=O) groups excluding carboxylic acids is 1. The zero-order valence-corrected chi connectivity index (χ0v) is 11.6. The maximum atomic E-state index is 11.6. The molecule has 0 heterocycles. The van der Waals surface area contributed by atoms with Crippen LogP contribution in [0.5, 0.6) is 0 Å². The van der Waals surface area contributed by atoms with Gasteiger partial charge >= 0.3 is 0 Å². The summed E-state index contributed by atoms with van der Waals surface area (Å²) in [5.41, 5.74) is 5.50. The SMILES string of the molecule is COCCC(C)(C)CNC(=O)CCCCCN. The number of nitrogens with two attached hydrogens (primary N) is 1. The van der Waals surface area contributed by atoms with Gasteiger partial charge in [-0.15, -0.1) is 0 Å². The minimum Gasteiger partial charge on any atom is -0.385 e. The second kappa shape index (κ2) is 9.42. The first-order valence-corrected chi connectivity index (χ1v) is 6.47. The minimum atomic E-state index is 0.100. The van der Waals surface area contributed by atoms with Crippen LogP contribution in [-0.4, -0.2) is 32.7 Å². The molecule has 0 aromatic rings. The highest BCUT2D eigenvalue weighted by molar-refractivity contribution is 5.75. The summed E-state index contributed by atoms with van der Waals surface area (Å²) in [6.07, 6.45) is 4.54. The predicted molar refractivity (Wildman–Crippen MR) is 70.8 cm³/mol. The molecule has 0 saturated carbocycles. The largest absolute Gasteiger partial charge is 0.385 e. The average Bonchev–Trinajstić information content (AvgIpc) is 2.30. The highest BCUT2D eigenvalue weighted by Crippen LogP contribution is 2.18. The van der Waals surface area contributed by atoms with E-state index < -0.39 is 0 Å². The van der Waals surface area contributed by atoms with Gasteiger partial charge in [-0.25, -0.2) is 0 Å². The van der Waals surface area contributed by atoms with Gasteiger partial charge in [-0.2, -0.15) is 0 Å². The molecule has 0 aliphatic rings. The molecule has 102 valence electrons. The van der Waals surface area contributed by atoms with Crippen molar-refractivity contribution in [2.45, 2.75) is 46.0 Å². The lowest BCUT2D eigenvalue weighted by Crippen LogP contribution is -2.34. The van der Waals surface area contributed by atoms with Crippen LogP contribution in [0.15, 0.2) is 0 Å². The van der Waals surface area contributed by atoms with Crippen molar-refractivity contribution in [1.82, 2.24) is 5.32 Å². The van der Waals surface area contributed by atoms with Gasteiger partial charge in [-0.3, -0.25) is 4.79 Å². The van der Waals surface area contributed by atoms with Crippen molar-refractivity contribution in [1.29, 1.82) is 0 Å². The van der Waals surface area contributed by atoms with Crippen LogP contribution in [0.2, 0.25) is 0 Å². The molecule has 0 aliphatic heterocycles. The molecule has 0 rings (SSSR count). The summed E-state index contributed by atoms with van der Waals surface area (Å²) in [5, 5.41) is 2.98. The molecule has 0 fully saturated rings. The Balaban J connectivity index is 3.60. The van der Waals surface area contributed by atoms with Crippen molar-refractivity contribution in [3.8, 4) is 0 Å². The number of carbonyl (C=O) groups is 1. The van der Waals surface area contributed by atoms with Crippen LogP contribution in [0.3, 0.4) is 0 Å². The van der Waals surface area contributed by atoms with Crippen molar-refractivity contribution < 1.29 is 9.53 Å². The lowest BCUT2D eigenvalue weighted by molar-refractivity contribution is -0.121. The van der Waals surface area contributed by atoms with E-state index in [0.29, 0.717) is 19.5 Å². The van der Waals surface area contributed by atoms with Gasteiger partial charge in [0.15, 0.2) is 0 Å². The van der Waals surface area contributed by atoms with Crippen LogP contribution in [0.1, 0.15) is 46.0 Å². The molecule has 4 nitrogen and oxygen atoms in total. The molecule has 1 amide bonds. The van der Waals surface area contributed by atoms with E-state index in [1.807, 2.05) is 0 Å². The lowest BCUT2D eigenvalue weighted by atomic mass is 9.89. The molecular formula is C13H28N2O2. The van der Waals surface area contributed by atoms with E-state index in [-0.39, 0.29) is 11.3 Å². The summed E-state index contributed by atoms with van der Waals surface area (Å²) in [5.74, 6) is 0.146. The van der Waals surface area contributed by atoms with Gasteiger partial charge in [0.05, 0.1) is 0 Å². The van der Waals surface area contributed by atoms with Gasteiger partial charge in [-0.1, -0.05) is 20.3 Å². The fourth-order valence-corrected chi connectivity index (χ4v) is 1.50. The van der Waals surface area contributed by atoms with E-state index in [4.69, 9.17) is 10.5 Å². The smallest absolute Gasteiger partial charge is 0.220 e. The van der Waals surface area contributed by atoms with Crippen LogP contribution >= 0.6 is 0 Å². The van der Waals surface area contributed by atoms with Crippen molar-refractivity contribution >= 4 is 5.91 Å². The Hall–Kier alpha value is -0.610. The van der Waals surface area contributed by atoms with Gasteiger partial charge in [0.1, 0.15) is 0 Å². The van der Waals surface area contributed by atoms with Gasteiger partial charge in [0.25, 0.3) is 0 Å². The van der Waals surface area contributed by atoms with Gasteiger partial charge in [0.2, 0.25) is 5.91 Å². The molecule has 0 saturated heterocycles. The molecule has 0 radical (unpaired) electrons. The molecule has 0 aliphatic carbocycles. The third-order valence-electron chi connectivity index (χ3n) is 2.86. The Bertz CT molecular complexity index is 206. The Morgan fingerprint density at radius 2 is 2.00 bits per heavy atom. The van der Waals surface area contributed by atoms with E-state index in [2.05, 4.69) is 19.2 Å². The summed E-state index contributed by atoms with van der Waals surface area (Å²) in [7, 11) is 1.70. The van der Waals surface area contributed by atoms with Crippen molar-refractivity contribution in [2.75, 3.05) is 26.8 Å². The Labute approximate surface area is 105 Å². The summed E-state index contributed by atoms with van der Waals surface area (Å²) in [4.78, 5) is 11.6. The maximum absolute atomic E-state index is 11.6. The molecule has 0 bridgehead atoms. The molecule has 0 spiro atoms. The number of methoxy groups -OCH3 is 1. The third kappa shape index (κ3) is 10.3. The molecule has 17 heavy (non-hydrogen) atoms. The van der Waals surface area contributed by atoms with Gasteiger partial charge in [0, 0.05) is 26.7 Å². The first-order valence-electron chi connectivity index (χ1n) is 6.47. The second-order valence-electron chi connectivity index (χ2n) is 5.28. The Kier molecular flexibility index (Phi) is 9.09. The zero-order valence-electron chi connectivity index (χ0n) is 11.6. The van der Waals surface area contributed by atoms with Crippen LogP contribution < -0.4 is 11.1 Å². The van der Waals surface area contributed by atoms with Gasteiger partial charge in [-0.05, 0) is 31.2 Å². The van der Waals surface area contributed by atoms with Crippen molar-refractivity contribution in [2.24, 2.45) is 11.1 Å². The van der Waals surface area contributed by atoms with E-state index >= 15 is 0 Å². The van der Waals surface area contributed by atoms with Crippen LogP contribution in [-0.2, 0) is 9.53 Å². The number of hydrogen-bond donors (Lipinski definition) is 2. The van der Waals surface area contributed by atoms with Crippen molar-refractivity contribution in [3.63, 3.8) is 0 Å². The maximum Gasteiger partial charge on any atom is 0.220 e. The quantitative estimate of drug-likeness (QED) is 0.575. The fourth-order valence-electron chi connectivity index (χ4n) is 1.50. The van der Waals surface area contributed by atoms with Crippen LogP contribution in [0.25, 0.3) is 0 Å². The second-order valence-corrected chi connectivity index (χ2v) is 5.28. The molecule has 0 unspecified atom stereocenters. The standard InChI is InChI=1S/C13H28N2O2/c1-13(2,8-10-17-3)11-15-12(16)7-5-4-6-9-14/h4-11,14H2,1-3H3,(H,15,16). The summed E-state index contributed by atoms with van der Waals surface area (Å²) < 4.78 is 5.05. The number of rotatable bonds is 10. The summed E-state index contributed by atoms with van der Waals surface area (Å²) >= 11 is 0. The minimum absolute atomic E-state index is 0.100. The number of nitrogens with one attached hydrogen (secondary N) is 1. The van der Waals surface area contributed by atoms with E-state index in [1.165, 1.54) is 0 Å². The number of ether oxygens (including phenoxy) is 1. The van der Waals surface area contributed by atoms with E-state index in [9.17, 15) is 4.79 Å². The third-order valence-corrected chi connectivity index (χ3v) is 2.86. The normalized spacial score (nSPS) is 11.5. The fraction of sp³-hybridized carbons (Fsp3) is 0.923. The molecule has 0 atom stereocenters. The predicted octanol–water partition coefficient (Wildman–Crippen LogP) is 1.68.